The fourth-order valence-electron chi connectivity index (χ4n) is 7.56. The molecule has 4 rings (SSSR count). The van der Waals surface area contributed by atoms with Crippen LogP contribution in [0.2, 0.25) is 0 Å². The van der Waals surface area contributed by atoms with E-state index in [4.69, 9.17) is 4.74 Å². The van der Waals surface area contributed by atoms with Gasteiger partial charge < -0.3 is 24.5 Å². The van der Waals surface area contributed by atoms with Crippen molar-refractivity contribution >= 4 is 35.2 Å². The minimum atomic E-state index is -0.687. The van der Waals surface area contributed by atoms with Crippen molar-refractivity contribution in [2.45, 2.75) is 88.3 Å². The molecule has 1 aromatic carbocycles. The van der Waals surface area contributed by atoms with Gasteiger partial charge in [0.1, 0.15) is 11.8 Å². The fraction of sp³-hybridized carbons (Fsp3) is 0.629. The van der Waals surface area contributed by atoms with Crippen LogP contribution in [0.3, 0.4) is 0 Å². The summed E-state index contributed by atoms with van der Waals surface area (Å²) in [7, 11) is 0. The van der Waals surface area contributed by atoms with Gasteiger partial charge in [-0.3, -0.25) is 14.4 Å². The van der Waals surface area contributed by atoms with Crippen LogP contribution >= 0.6 is 11.8 Å². The van der Waals surface area contributed by atoms with Gasteiger partial charge in [0.15, 0.2) is 0 Å². The molecule has 3 aliphatic heterocycles. The molecule has 1 N–H and O–H groups in total. The van der Waals surface area contributed by atoms with Crippen molar-refractivity contribution in [3.8, 4) is 5.75 Å². The maximum absolute atomic E-state index is 14.7. The molecular formula is C35H51N3O5S. The van der Waals surface area contributed by atoms with Crippen molar-refractivity contribution in [1.29, 1.82) is 0 Å². The average Bonchev–Trinajstić information content (AvgIpc) is 3.57. The van der Waals surface area contributed by atoms with Crippen LogP contribution in [0, 0.1) is 17.8 Å². The summed E-state index contributed by atoms with van der Waals surface area (Å²) in [6, 6.07) is 6.82. The van der Waals surface area contributed by atoms with Crippen LogP contribution in [0.1, 0.15) is 66.7 Å². The van der Waals surface area contributed by atoms with Gasteiger partial charge in [-0.1, -0.05) is 31.9 Å². The molecule has 0 saturated carbocycles. The fourth-order valence-corrected chi connectivity index (χ4v) is 9.97. The summed E-state index contributed by atoms with van der Waals surface area (Å²) in [5.41, 5.74) is 0.265. The number of fused-ring (bicyclic) bond motifs is 1. The Balaban J connectivity index is 1.74. The van der Waals surface area contributed by atoms with E-state index in [1.807, 2.05) is 61.8 Å². The standard InChI is InChI=1S/C35H51N3O5S/c1-8-19-36(25-15-17-26(18-16-25)43-10-3)31(40)28-27-23-24(4)35(44-27)29(28)32(41)37(21-13-11-12-14-22-39)30(35)33(42)38(20-9-2)34(5,6)7/h8-9,15-18,24,27-30,39H,1-2,10-14,19-23H2,3-7H3/t24?,27-,28+,29+,30?,35?/m1/s1. The van der Waals surface area contributed by atoms with Gasteiger partial charge >= 0.3 is 0 Å². The molecule has 3 amide bonds. The molecule has 44 heavy (non-hydrogen) atoms. The molecule has 3 unspecified atom stereocenters. The number of aliphatic hydroxyl groups excluding tert-OH is 1. The number of ether oxygens (including phenoxy) is 1. The maximum Gasteiger partial charge on any atom is 0.247 e. The molecule has 3 fully saturated rings. The molecule has 3 aliphatic rings. The highest BCUT2D eigenvalue weighted by molar-refractivity contribution is 8.02. The second-order valence-corrected chi connectivity index (χ2v) is 14.8. The zero-order valence-electron chi connectivity index (χ0n) is 27.2. The lowest BCUT2D eigenvalue weighted by atomic mass is 9.65. The summed E-state index contributed by atoms with van der Waals surface area (Å²) >= 11 is 1.71. The number of hydrogen-bond acceptors (Lipinski definition) is 6. The predicted molar refractivity (Wildman–Crippen MR) is 178 cm³/mol. The van der Waals surface area contributed by atoms with E-state index >= 15 is 0 Å². The molecule has 3 heterocycles. The van der Waals surface area contributed by atoms with E-state index in [0.717, 1.165) is 43.5 Å². The van der Waals surface area contributed by atoms with E-state index in [1.165, 1.54) is 0 Å². The third-order valence-electron chi connectivity index (χ3n) is 9.50. The molecule has 1 spiro atoms. The number of nitrogens with zero attached hydrogens (tertiary/aromatic N) is 3. The minimum Gasteiger partial charge on any atom is -0.494 e. The Bertz CT molecular complexity index is 1210. The lowest BCUT2D eigenvalue weighted by molar-refractivity contribution is -0.145. The van der Waals surface area contributed by atoms with E-state index < -0.39 is 28.2 Å². The van der Waals surface area contributed by atoms with E-state index in [9.17, 15) is 19.5 Å². The highest BCUT2D eigenvalue weighted by Gasteiger charge is 2.76. The first kappa shape index (κ1) is 34.1. The number of unbranched alkanes of at least 4 members (excludes halogenated alkanes) is 3. The van der Waals surface area contributed by atoms with E-state index in [1.54, 1.807) is 28.8 Å². The van der Waals surface area contributed by atoms with Crippen molar-refractivity contribution in [3.63, 3.8) is 0 Å². The minimum absolute atomic E-state index is 0.0500. The highest BCUT2D eigenvalue weighted by Crippen LogP contribution is 2.69. The number of rotatable bonds is 15. The summed E-state index contributed by atoms with van der Waals surface area (Å²) in [4.78, 5) is 49.2. The number of carbonyl (C=O) groups excluding carboxylic acids is 3. The van der Waals surface area contributed by atoms with Crippen LogP contribution in [0.4, 0.5) is 5.69 Å². The van der Waals surface area contributed by atoms with Crippen molar-refractivity contribution in [3.05, 3.63) is 49.6 Å². The van der Waals surface area contributed by atoms with Gasteiger partial charge in [-0.15, -0.1) is 24.9 Å². The lowest BCUT2D eigenvalue weighted by Gasteiger charge is -2.44. The van der Waals surface area contributed by atoms with E-state index in [2.05, 4.69) is 20.1 Å². The Morgan fingerprint density at radius 3 is 2.34 bits per heavy atom. The molecular weight excluding hydrogens is 574 g/mol. The van der Waals surface area contributed by atoms with Gasteiger partial charge in [-0.25, -0.2) is 0 Å². The smallest absolute Gasteiger partial charge is 0.247 e. The molecule has 242 valence electrons. The summed E-state index contributed by atoms with van der Waals surface area (Å²) in [5.74, 6) is -0.529. The van der Waals surface area contributed by atoms with Gasteiger partial charge in [-0.05, 0) is 77.1 Å². The van der Waals surface area contributed by atoms with Crippen molar-refractivity contribution < 1.29 is 24.2 Å². The largest absolute Gasteiger partial charge is 0.494 e. The molecule has 8 nitrogen and oxygen atoms in total. The second-order valence-electron chi connectivity index (χ2n) is 13.3. The molecule has 2 bridgehead atoms. The number of carbonyl (C=O) groups is 3. The Morgan fingerprint density at radius 2 is 1.75 bits per heavy atom. The molecule has 6 atom stereocenters. The zero-order valence-corrected chi connectivity index (χ0v) is 28.0. The SMILES string of the molecule is C=CCN(C(=O)[C@@H]1[C@H]2C(=O)N(CCCCCCO)C(C(=O)N(CC=C)C(C)(C)C)C23S[C@@H]1CC3C)c1ccc(OCC)cc1. The number of anilines is 1. The first-order valence-electron chi connectivity index (χ1n) is 16.1. The van der Waals surface area contributed by atoms with Crippen LogP contribution in [-0.2, 0) is 14.4 Å². The topological polar surface area (TPSA) is 90.4 Å². The van der Waals surface area contributed by atoms with Crippen LogP contribution in [0.5, 0.6) is 5.75 Å². The molecule has 0 aromatic heterocycles. The summed E-state index contributed by atoms with van der Waals surface area (Å²) in [5, 5.41) is 9.19. The number of aliphatic hydroxyl groups is 1. The lowest BCUT2D eigenvalue weighted by Crippen LogP contribution is -2.60. The Morgan fingerprint density at radius 1 is 1.09 bits per heavy atom. The van der Waals surface area contributed by atoms with Crippen molar-refractivity contribution in [1.82, 2.24) is 9.80 Å². The van der Waals surface area contributed by atoms with Crippen molar-refractivity contribution in [2.75, 3.05) is 37.7 Å². The van der Waals surface area contributed by atoms with E-state index in [0.29, 0.717) is 26.2 Å². The predicted octanol–water partition coefficient (Wildman–Crippen LogP) is 5.31. The first-order valence-corrected chi connectivity index (χ1v) is 17.0. The molecule has 1 aromatic rings. The van der Waals surface area contributed by atoms with E-state index in [-0.39, 0.29) is 35.5 Å². The maximum atomic E-state index is 14.7. The number of likely N-dealkylation sites (tertiary alicyclic amines) is 1. The quantitative estimate of drug-likeness (QED) is 0.210. The second kappa shape index (κ2) is 14.1. The zero-order chi connectivity index (χ0) is 32.2. The van der Waals surface area contributed by atoms with Gasteiger partial charge in [0.2, 0.25) is 17.7 Å². The Hall–Kier alpha value is -2.78. The highest BCUT2D eigenvalue weighted by atomic mass is 32.2. The van der Waals surface area contributed by atoms with Crippen LogP contribution in [0.25, 0.3) is 0 Å². The van der Waals surface area contributed by atoms with Gasteiger partial charge in [-0.2, -0.15) is 0 Å². The van der Waals surface area contributed by atoms with Crippen molar-refractivity contribution in [2.24, 2.45) is 17.8 Å². The van der Waals surface area contributed by atoms with Gasteiger partial charge in [0.25, 0.3) is 0 Å². The summed E-state index contributed by atoms with van der Waals surface area (Å²) in [6.07, 6.45) is 7.42. The summed E-state index contributed by atoms with van der Waals surface area (Å²) in [6.45, 7) is 19.8. The third kappa shape index (κ3) is 6.19. The first-order chi connectivity index (χ1) is 21.0. The van der Waals surface area contributed by atoms with Crippen LogP contribution < -0.4 is 9.64 Å². The average molecular weight is 626 g/mol. The van der Waals surface area contributed by atoms with Crippen LogP contribution in [0.15, 0.2) is 49.6 Å². The number of thioether (sulfide) groups is 1. The van der Waals surface area contributed by atoms with Gasteiger partial charge in [0.05, 0.1) is 23.2 Å². The molecule has 0 aliphatic carbocycles. The Labute approximate surface area is 267 Å². The summed E-state index contributed by atoms with van der Waals surface area (Å²) < 4.78 is 4.92. The van der Waals surface area contributed by atoms with Crippen LogP contribution in [-0.4, -0.2) is 87.1 Å². The molecule has 9 heteroatoms. The van der Waals surface area contributed by atoms with Gasteiger partial charge in [0, 0.05) is 42.7 Å². The number of benzene rings is 1. The normalized spacial score (nSPS) is 27.3. The Kier molecular flexibility index (Phi) is 10.9. The third-order valence-corrected chi connectivity index (χ3v) is 11.6. The number of amides is 3. The molecule has 0 radical (unpaired) electrons. The molecule has 3 saturated heterocycles. The monoisotopic (exact) mass is 625 g/mol. The number of hydrogen-bond donors (Lipinski definition) is 1.